The lowest BCUT2D eigenvalue weighted by Crippen LogP contribution is -2.22. The van der Waals surface area contributed by atoms with Crippen molar-refractivity contribution in [3.63, 3.8) is 0 Å². The molecule has 1 rings (SSSR count). The number of hydrogen-bond acceptors (Lipinski definition) is 4. The fourth-order valence-electron chi connectivity index (χ4n) is 0.674. The van der Waals surface area contributed by atoms with Gasteiger partial charge in [0.25, 0.3) is 0 Å². The second-order valence-corrected chi connectivity index (χ2v) is 3.63. The van der Waals surface area contributed by atoms with Gasteiger partial charge in [-0.1, -0.05) is 26.7 Å². The van der Waals surface area contributed by atoms with Gasteiger partial charge < -0.3 is 14.7 Å². The average Bonchev–Trinajstić information content (AvgIpc) is 2.67. The van der Waals surface area contributed by atoms with Crippen LogP contribution in [-0.4, -0.2) is 30.4 Å². The highest BCUT2D eigenvalue weighted by Crippen LogP contribution is 2.13. The molecule has 0 aromatic rings. The van der Waals surface area contributed by atoms with Gasteiger partial charge in [-0.2, -0.15) is 0 Å². The third-order valence-corrected chi connectivity index (χ3v) is 1.97. The van der Waals surface area contributed by atoms with Gasteiger partial charge in [-0.25, -0.2) is 0 Å². The van der Waals surface area contributed by atoms with Gasteiger partial charge in [0.15, 0.2) is 0 Å². The van der Waals surface area contributed by atoms with Gasteiger partial charge in [-0.05, 0) is 0 Å². The summed E-state index contributed by atoms with van der Waals surface area (Å²) in [5.74, 6) is 0.660. The van der Waals surface area contributed by atoms with Crippen LogP contribution in [0, 0.1) is 0 Å². The van der Waals surface area contributed by atoms with Gasteiger partial charge >= 0.3 is 8.25 Å². The van der Waals surface area contributed by atoms with Crippen molar-refractivity contribution in [1.82, 2.24) is 5.32 Å². The molecule has 0 fully saturated rings. The Hall–Kier alpha value is -0.0900. The molecular formula is C8H20ClN2O3P. The number of unbranched alkanes of at least 4 members (excludes halogenated alkanes) is 1. The Morgan fingerprint density at radius 1 is 1.53 bits per heavy atom. The van der Waals surface area contributed by atoms with Gasteiger partial charge in [0.2, 0.25) is 0 Å². The molecule has 0 bridgehead atoms. The predicted octanol–water partition coefficient (Wildman–Crippen LogP) is 1.61. The molecule has 1 heterocycles. The summed E-state index contributed by atoms with van der Waals surface area (Å²) >= 11 is 0. The molecule has 0 aromatic heterocycles. The van der Waals surface area contributed by atoms with Crippen LogP contribution in [0.4, 0.5) is 0 Å². The zero-order valence-corrected chi connectivity index (χ0v) is 11.0. The highest BCUT2D eigenvalue weighted by atomic mass is 35.5. The highest BCUT2D eigenvalue weighted by molar-refractivity contribution is 7.32. The van der Waals surface area contributed by atoms with Crippen molar-refractivity contribution in [3.05, 3.63) is 0 Å². The van der Waals surface area contributed by atoms with Crippen LogP contribution in [0.5, 0.6) is 0 Å². The molecule has 0 aromatic carbocycles. The zero-order valence-electron chi connectivity index (χ0n) is 9.15. The summed E-state index contributed by atoms with van der Waals surface area (Å²) in [5, 5.41) is 2.90. The minimum Gasteiger partial charge on any atom is -0.370 e. The summed E-state index contributed by atoms with van der Waals surface area (Å²) < 4.78 is 14.5. The minimum absolute atomic E-state index is 0. The van der Waals surface area contributed by atoms with Crippen LogP contribution in [-0.2, 0) is 9.09 Å². The molecule has 0 radical (unpaired) electrons. The Balaban J connectivity index is 0. The highest BCUT2D eigenvalue weighted by Gasteiger charge is 2.04. The first kappa shape index (κ1) is 17.3. The molecule has 1 aliphatic heterocycles. The zero-order chi connectivity index (χ0) is 10.8. The predicted molar refractivity (Wildman–Crippen MR) is 65.3 cm³/mol. The SMILES string of the molecule is CCCC.Cl.O=[PH](O)OCC1=NCCN1. The summed E-state index contributed by atoms with van der Waals surface area (Å²) in [6, 6.07) is 0. The first-order chi connectivity index (χ1) is 6.70. The van der Waals surface area contributed by atoms with Crippen LogP contribution in [0.25, 0.3) is 0 Å². The summed E-state index contributed by atoms with van der Waals surface area (Å²) in [6.07, 6.45) is 2.64. The number of halogens is 1. The number of aliphatic imine (C=N–C) groups is 1. The molecule has 0 spiro atoms. The van der Waals surface area contributed by atoms with Crippen LogP contribution in [0.15, 0.2) is 4.99 Å². The number of hydrogen-bond donors (Lipinski definition) is 2. The minimum atomic E-state index is -2.79. The molecule has 0 saturated carbocycles. The maximum absolute atomic E-state index is 10.0. The van der Waals surface area contributed by atoms with E-state index in [2.05, 4.69) is 28.7 Å². The van der Waals surface area contributed by atoms with Crippen molar-refractivity contribution in [3.8, 4) is 0 Å². The van der Waals surface area contributed by atoms with Gasteiger partial charge in [0, 0.05) is 6.54 Å². The van der Waals surface area contributed by atoms with E-state index < -0.39 is 8.25 Å². The quantitative estimate of drug-likeness (QED) is 0.752. The molecule has 1 atom stereocenters. The van der Waals surface area contributed by atoms with Gasteiger partial charge in [0.05, 0.1) is 6.54 Å². The van der Waals surface area contributed by atoms with Crippen LogP contribution in [0.1, 0.15) is 26.7 Å². The lowest BCUT2D eigenvalue weighted by Gasteiger charge is -1.99. The van der Waals surface area contributed by atoms with E-state index in [1.54, 1.807) is 0 Å². The van der Waals surface area contributed by atoms with Crippen molar-refractivity contribution in [1.29, 1.82) is 0 Å². The molecule has 5 nitrogen and oxygen atoms in total. The maximum atomic E-state index is 10.0. The molecule has 0 amide bonds. The van der Waals surface area contributed by atoms with Crippen molar-refractivity contribution < 1.29 is 14.0 Å². The Morgan fingerprint density at radius 3 is 2.47 bits per heavy atom. The Morgan fingerprint density at radius 2 is 2.13 bits per heavy atom. The van der Waals surface area contributed by atoms with E-state index in [1.807, 2.05) is 0 Å². The van der Waals surface area contributed by atoms with E-state index in [9.17, 15) is 4.57 Å². The van der Waals surface area contributed by atoms with E-state index in [1.165, 1.54) is 12.8 Å². The second-order valence-electron chi connectivity index (χ2n) is 2.81. The van der Waals surface area contributed by atoms with Crippen molar-refractivity contribution in [2.75, 3.05) is 19.7 Å². The first-order valence-electron chi connectivity index (χ1n) is 4.83. The molecule has 92 valence electrons. The smallest absolute Gasteiger partial charge is 0.317 e. The van der Waals surface area contributed by atoms with Crippen LogP contribution >= 0.6 is 20.7 Å². The molecule has 0 saturated heterocycles. The van der Waals surface area contributed by atoms with E-state index in [4.69, 9.17) is 4.89 Å². The van der Waals surface area contributed by atoms with E-state index in [0.29, 0.717) is 5.84 Å². The van der Waals surface area contributed by atoms with Crippen molar-refractivity contribution >= 4 is 26.5 Å². The normalized spacial score (nSPS) is 15.3. The number of amidine groups is 1. The van der Waals surface area contributed by atoms with Crippen LogP contribution in [0.3, 0.4) is 0 Å². The van der Waals surface area contributed by atoms with Crippen LogP contribution in [0.2, 0.25) is 0 Å². The average molecular weight is 259 g/mol. The molecule has 7 heteroatoms. The van der Waals surface area contributed by atoms with Gasteiger partial charge in [-0.15, -0.1) is 12.4 Å². The monoisotopic (exact) mass is 258 g/mol. The number of rotatable bonds is 4. The molecule has 15 heavy (non-hydrogen) atoms. The third-order valence-electron chi connectivity index (χ3n) is 1.58. The summed E-state index contributed by atoms with van der Waals surface area (Å²) in [4.78, 5) is 12.2. The largest absolute Gasteiger partial charge is 0.370 e. The molecule has 1 unspecified atom stereocenters. The van der Waals surface area contributed by atoms with Crippen LogP contribution < -0.4 is 5.32 Å². The number of nitrogens with one attached hydrogen (secondary N) is 1. The summed E-state index contributed by atoms with van der Waals surface area (Å²) in [7, 11) is -2.79. The molecule has 0 aliphatic carbocycles. The third kappa shape index (κ3) is 11.8. The lowest BCUT2D eigenvalue weighted by molar-refractivity contribution is 0.319. The molecule has 2 N–H and O–H groups in total. The van der Waals surface area contributed by atoms with E-state index >= 15 is 0 Å². The maximum Gasteiger partial charge on any atom is 0.317 e. The second kappa shape index (κ2) is 12.0. The van der Waals surface area contributed by atoms with Gasteiger partial charge in [-0.3, -0.25) is 9.56 Å². The molecule has 1 aliphatic rings. The number of nitrogens with zero attached hydrogens (tertiary/aromatic N) is 1. The van der Waals surface area contributed by atoms with Gasteiger partial charge in [0.1, 0.15) is 12.4 Å². The summed E-state index contributed by atoms with van der Waals surface area (Å²) in [5.41, 5.74) is 0. The lowest BCUT2D eigenvalue weighted by atomic mass is 10.4. The van der Waals surface area contributed by atoms with E-state index in [-0.39, 0.29) is 19.0 Å². The fraction of sp³-hybridized carbons (Fsp3) is 0.875. The topological polar surface area (TPSA) is 70.9 Å². The first-order valence-corrected chi connectivity index (χ1v) is 6.10. The molecular weight excluding hydrogens is 239 g/mol. The summed E-state index contributed by atoms with van der Waals surface area (Å²) in [6.45, 7) is 6.00. The Labute approximate surface area is 97.7 Å². The van der Waals surface area contributed by atoms with Crippen molar-refractivity contribution in [2.45, 2.75) is 26.7 Å². The fourth-order valence-corrected chi connectivity index (χ4v) is 0.934. The standard InChI is InChI=1S/C4H9N2O3P.C4H10.ClH/c7-10(8)9-3-4-5-1-2-6-4;1-3-4-2;/h10H,1-3H2,(H,5,6)(H,7,8);3-4H2,1-2H3;1H. The van der Waals surface area contributed by atoms with E-state index in [0.717, 1.165) is 13.1 Å². The Bertz CT molecular complexity index is 200. The Kier molecular flexibility index (Phi) is 13.8. The van der Waals surface area contributed by atoms with Crippen molar-refractivity contribution in [2.24, 2.45) is 4.99 Å².